The zero-order valence-electron chi connectivity index (χ0n) is 52.1. The van der Waals surface area contributed by atoms with Crippen LogP contribution in [0.5, 0.6) is 0 Å². The van der Waals surface area contributed by atoms with E-state index in [1.807, 2.05) is 12.1 Å². The van der Waals surface area contributed by atoms with Crippen molar-refractivity contribution in [2.75, 3.05) is 0 Å². The topological polar surface area (TPSA) is 33.9 Å². The maximum absolute atomic E-state index is 16.1. The maximum atomic E-state index is 16.1. The third-order valence-electron chi connectivity index (χ3n) is 20.4. The number of para-hydroxylation sites is 8. The molecular formula is C87H52F3N7. The van der Waals surface area contributed by atoms with Crippen LogP contribution in [-0.2, 0) is 6.18 Å². The fourth-order valence-electron chi connectivity index (χ4n) is 16.4. The molecule has 97 heavy (non-hydrogen) atoms. The number of benzene rings is 14. The Kier molecular flexibility index (Phi) is 11.5. The highest BCUT2D eigenvalue weighted by Gasteiger charge is 2.36. The number of alkyl halides is 3. The van der Waals surface area contributed by atoms with Crippen LogP contribution >= 0.6 is 0 Å². The Labute approximate surface area is 552 Å². The number of hydrogen-bond donors (Lipinski definition) is 0. The molecule has 0 N–H and O–H groups in total. The quantitative estimate of drug-likeness (QED) is 0.143. The summed E-state index contributed by atoms with van der Waals surface area (Å²) < 4.78 is 61.7. The van der Waals surface area contributed by atoms with Gasteiger partial charge in [0.05, 0.1) is 89.7 Å². The summed E-state index contributed by atoms with van der Waals surface area (Å²) >= 11 is 0. The minimum Gasteiger partial charge on any atom is -0.319 e. The van der Waals surface area contributed by atoms with Gasteiger partial charge < -0.3 is 27.4 Å². The second kappa shape index (κ2) is 20.3. The predicted octanol–water partition coefficient (Wildman–Crippen LogP) is 23.8. The van der Waals surface area contributed by atoms with Crippen molar-refractivity contribution in [1.29, 1.82) is 0 Å². The largest absolute Gasteiger partial charge is 0.417 e. The van der Waals surface area contributed by atoms with Crippen LogP contribution in [-0.4, -0.2) is 27.4 Å². The van der Waals surface area contributed by atoms with Gasteiger partial charge in [0.25, 0.3) is 0 Å². The molecule has 0 saturated carbocycles. The second-order valence-corrected chi connectivity index (χ2v) is 25.4. The highest BCUT2D eigenvalue weighted by molar-refractivity contribution is 6.18. The average Bonchev–Trinajstić information content (AvgIpc) is 1.61. The molecule has 7 nitrogen and oxygen atoms in total. The van der Waals surface area contributed by atoms with Crippen molar-refractivity contribution in [3.8, 4) is 45.3 Å². The fraction of sp³-hybridized carbons (Fsp3) is 0.0230. The predicted molar refractivity (Wildman–Crippen MR) is 394 cm³/mol. The van der Waals surface area contributed by atoms with Crippen molar-refractivity contribution in [3.05, 3.63) is 320 Å². The number of hydrogen-bond acceptors (Lipinski definition) is 0. The van der Waals surface area contributed by atoms with Gasteiger partial charge in [-0.25, -0.2) is 4.85 Å². The highest BCUT2D eigenvalue weighted by Crippen LogP contribution is 2.51. The molecule has 0 spiro atoms. The normalized spacial score (nSPS) is 12.3. The first kappa shape index (κ1) is 54.7. The molecule has 6 heterocycles. The molecule has 0 saturated heterocycles. The Morgan fingerprint density at radius 3 is 0.845 bits per heavy atom. The summed E-state index contributed by atoms with van der Waals surface area (Å²) in [4.78, 5) is 4.63. The lowest BCUT2D eigenvalue weighted by Crippen LogP contribution is -2.10. The van der Waals surface area contributed by atoms with Gasteiger partial charge in [0, 0.05) is 87.4 Å². The second-order valence-electron chi connectivity index (χ2n) is 25.4. The third kappa shape index (κ3) is 7.73. The monoisotopic (exact) mass is 1250 g/mol. The first-order valence-electron chi connectivity index (χ1n) is 32.5. The summed E-state index contributed by atoms with van der Waals surface area (Å²) in [5, 5.41) is 12.6. The summed E-state index contributed by atoms with van der Waals surface area (Å²) in [7, 11) is 0. The maximum Gasteiger partial charge on any atom is 0.417 e. The summed E-state index contributed by atoms with van der Waals surface area (Å²) in [6.07, 6.45) is -4.75. The lowest BCUT2D eigenvalue weighted by molar-refractivity contribution is -0.137. The Hall–Kier alpha value is -12.8. The first-order valence-corrected chi connectivity index (χ1v) is 32.5. The van der Waals surface area contributed by atoms with E-state index in [-0.39, 0.29) is 16.8 Å². The van der Waals surface area contributed by atoms with Crippen LogP contribution in [0.25, 0.3) is 181 Å². The molecule has 456 valence electrons. The van der Waals surface area contributed by atoms with E-state index >= 15 is 13.2 Å². The standard InChI is InChI=1S/C87H52F3N7/c1-52-20-19-29-70(87(88,89)90)84(52)65-42-47-83(96-79-43-38-53(92-71-30-11-3-21-57(71)58-22-4-12-31-72(58)92)48-66(79)67-49-54(39-44-80(67)96)93-73-32-13-5-23-59(73)60-24-6-14-33-74(60)93)85(91-2)86(65)97-81-45-40-55(94-75-34-15-7-25-61(75)62-26-8-16-35-76(62)94)50-68(81)69-51-56(41-46-82(69)97)95-77-36-17-9-27-63(77)64-28-10-18-37-78(64)95/h3-51H,1H3. The van der Waals surface area contributed by atoms with Gasteiger partial charge in [-0.1, -0.05) is 164 Å². The molecular weight excluding hydrogens is 1200 g/mol. The lowest BCUT2D eigenvalue weighted by Gasteiger charge is -2.23. The van der Waals surface area contributed by atoms with E-state index in [0.29, 0.717) is 16.9 Å². The lowest BCUT2D eigenvalue weighted by atomic mass is 9.92. The molecule has 0 bridgehead atoms. The fourth-order valence-corrected chi connectivity index (χ4v) is 16.4. The minimum absolute atomic E-state index is 0.00843. The number of halogens is 3. The molecule has 20 aromatic rings. The van der Waals surface area contributed by atoms with Crippen LogP contribution in [0.2, 0.25) is 0 Å². The number of nitrogens with zero attached hydrogens (tertiary/aromatic N) is 7. The van der Waals surface area contributed by atoms with Gasteiger partial charge in [0.2, 0.25) is 5.69 Å². The molecule has 20 rings (SSSR count). The van der Waals surface area contributed by atoms with Crippen molar-refractivity contribution in [2.45, 2.75) is 13.1 Å². The van der Waals surface area contributed by atoms with E-state index in [0.717, 1.165) is 160 Å². The molecule has 6 aromatic heterocycles. The van der Waals surface area contributed by atoms with Crippen molar-refractivity contribution in [1.82, 2.24) is 27.4 Å². The average molecular weight is 1250 g/mol. The molecule has 0 amide bonds. The van der Waals surface area contributed by atoms with Crippen LogP contribution in [0.1, 0.15) is 11.1 Å². The molecule has 0 radical (unpaired) electrons. The number of aryl methyl sites for hydroxylation is 1. The number of fused-ring (bicyclic) bond motifs is 18. The first-order chi connectivity index (χ1) is 47.7. The molecule has 10 heteroatoms. The van der Waals surface area contributed by atoms with E-state index in [2.05, 4.69) is 299 Å². The van der Waals surface area contributed by atoms with Crippen molar-refractivity contribution < 1.29 is 13.2 Å². The van der Waals surface area contributed by atoms with Gasteiger partial charge in [0.15, 0.2) is 0 Å². The molecule has 0 aliphatic rings. The van der Waals surface area contributed by atoms with Gasteiger partial charge >= 0.3 is 6.18 Å². The zero-order chi connectivity index (χ0) is 64.5. The minimum atomic E-state index is -4.75. The van der Waals surface area contributed by atoms with Crippen LogP contribution in [0.15, 0.2) is 297 Å². The molecule has 0 aliphatic carbocycles. The van der Waals surface area contributed by atoms with Crippen LogP contribution < -0.4 is 0 Å². The summed E-state index contributed by atoms with van der Waals surface area (Å²) in [6, 6.07) is 102. The summed E-state index contributed by atoms with van der Waals surface area (Å²) in [5.41, 5.74) is 16.2. The molecule has 0 atom stereocenters. The molecule has 14 aromatic carbocycles. The van der Waals surface area contributed by atoms with E-state index in [4.69, 9.17) is 0 Å². The summed E-state index contributed by atoms with van der Waals surface area (Å²) in [6.45, 7) is 11.5. The van der Waals surface area contributed by atoms with Gasteiger partial charge in [-0.2, -0.15) is 13.2 Å². The Bertz CT molecular complexity index is 6290. The Balaban J connectivity index is 0.913. The molecule has 0 unspecified atom stereocenters. The van der Waals surface area contributed by atoms with Gasteiger partial charge in [0.1, 0.15) is 0 Å². The van der Waals surface area contributed by atoms with Crippen molar-refractivity contribution in [2.24, 2.45) is 0 Å². The van der Waals surface area contributed by atoms with Gasteiger partial charge in [-0.05, 0) is 157 Å². The van der Waals surface area contributed by atoms with Crippen molar-refractivity contribution >= 4 is 137 Å². The van der Waals surface area contributed by atoms with Crippen LogP contribution in [0.4, 0.5) is 18.9 Å². The van der Waals surface area contributed by atoms with E-state index in [9.17, 15) is 6.57 Å². The van der Waals surface area contributed by atoms with Gasteiger partial charge in [-0.15, -0.1) is 0 Å². The zero-order valence-corrected chi connectivity index (χ0v) is 52.1. The van der Waals surface area contributed by atoms with E-state index < -0.39 is 11.7 Å². The number of rotatable bonds is 7. The third-order valence-corrected chi connectivity index (χ3v) is 20.4. The van der Waals surface area contributed by atoms with Crippen molar-refractivity contribution in [3.63, 3.8) is 0 Å². The number of aromatic nitrogens is 6. The smallest absolute Gasteiger partial charge is 0.319 e. The Morgan fingerprint density at radius 2 is 0.557 bits per heavy atom. The highest BCUT2D eigenvalue weighted by atomic mass is 19.4. The Morgan fingerprint density at radius 1 is 0.278 bits per heavy atom. The molecule has 0 aliphatic heterocycles. The summed E-state index contributed by atoms with van der Waals surface area (Å²) in [5.74, 6) is 0. The van der Waals surface area contributed by atoms with Crippen LogP contribution in [0, 0.1) is 13.5 Å². The van der Waals surface area contributed by atoms with Crippen LogP contribution in [0.3, 0.4) is 0 Å². The SMILES string of the molecule is [C-]#[N+]c1c(-n2c3ccc(-n4c5ccccc5c5ccccc54)cc3c3cc(-n4c5ccccc5c5ccccc54)ccc32)ccc(-c2c(C)cccc2C(F)(F)F)c1-n1c2ccc(-n3c4ccccc4c4ccccc43)cc2c2cc(-n3c4ccccc4c4ccccc43)ccc21. The molecule has 0 fully saturated rings. The van der Waals surface area contributed by atoms with Gasteiger partial charge in [-0.3, -0.25) is 0 Å². The van der Waals surface area contributed by atoms with E-state index in [1.165, 1.54) is 6.07 Å². The van der Waals surface area contributed by atoms with E-state index in [1.54, 1.807) is 13.0 Å².